The maximum atomic E-state index is 12.4. The number of nitrogens with one attached hydrogen (secondary N) is 3. The largest absolute Gasteiger partial charge is 0.273 e. The Labute approximate surface area is 176 Å². The zero-order chi connectivity index (χ0) is 21.6. The van der Waals surface area contributed by atoms with E-state index in [0.717, 1.165) is 18.4 Å². The van der Waals surface area contributed by atoms with Crippen molar-refractivity contribution < 1.29 is 18.0 Å². The van der Waals surface area contributed by atoms with Crippen molar-refractivity contribution in [1.29, 1.82) is 0 Å². The van der Waals surface area contributed by atoms with Gasteiger partial charge in [-0.1, -0.05) is 17.7 Å². The number of amides is 2. The minimum absolute atomic E-state index is 0.180. The van der Waals surface area contributed by atoms with Crippen LogP contribution in [0.2, 0.25) is 0 Å². The van der Waals surface area contributed by atoms with E-state index in [1.807, 2.05) is 6.92 Å². The Balaban J connectivity index is 1.41. The van der Waals surface area contributed by atoms with Crippen molar-refractivity contribution in [1.82, 2.24) is 20.6 Å². The maximum Gasteiger partial charge on any atom is 0.271 e. The first-order valence-electron chi connectivity index (χ1n) is 9.92. The standard InChI is InChI=1S/C21H26N4O4S/c1-15-4-10-19(11-5-15)30(28,29)23-13-16-6-8-17(9-7-16)20(26)24-25-21(27)18-3-2-12-22-14-18/h2-5,10-12,14,16-17,23H,6-9,13H2,1H3,(H,24,26)(H,25,27). The number of carbonyl (C=O) groups is 2. The Morgan fingerprint density at radius 2 is 1.73 bits per heavy atom. The van der Waals surface area contributed by atoms with Crippen molar-refractivity contribution >= 4 is 21.8 Å². The molecule has 1 saturated carbocycles. The number of nitrogens with zero attached hydrogens (tertiary/aromatic N) is 1. The first-order valence-corrected chi connectivity index (χ1v) is 11.4. The highest BCUT2D eigenvalue weighted by Crippen LogP contribution is 2.28. The van der Waals surface area contributed by atoms with Crippen LogP contribution < -0.4 is 15.6 Å². The van der Waals surface area contributed by atoms with Crippen LogP contribution in [0.3, 0.4) is 0 Å². The molecule has 1 aliphatic carbocycles. The van der Waals surface area contributed by atoms with Gasteiger partial charge in [-0.15, -0.1) is 0 Å². The zero-order valence-electron chi connectivity index (χ0n) is 16.8. The van der Waals surface area contributed by atoms with Gasteiger partial charge in [0, 0.05) is 24.9 Å². The highest BCUT2D eigenvalue weighted by molar-refractivity contribution is 7.89. The Morgan fingerprint density at radius 1 is 1.03 bits per heavy atom. The number of aromatic nitrogens is 1. The lowest BCUT2D eigenvalue weighted by Gasteiger charge is -2.27. The van der Waals surface area contributed by atoms with Crippen LogP contribution in [0.15, 0.2) is 53.7 Å². The van der Waals surface area contributed by atoms with Gasteiger partial charge in [0.15, 0.2) is 0 Å². The first-order chi connectivity index (χ1) is 14.3. The van der Waals surface area contributed by atoms with E-state index in [4.69, 9.17) is 0 Å². The minimum Gasteiger partial charge on any atom is -0.273 e. The topological polar surface area (TPSA) is 117 Å². The minimum atomic E-state index is -3.53. The molecule has 3 rings (SSSR count). The molecule has 0 aliphatic heterocycles. The van der Waals surface area contributed by atoms with Crippen molar-refractivity contribution in [2.75, 3.05) is 6.54 Å². The fourth-order valence-corrected chi connectivity index (χ4v) is 4.56. The molecule has 0 saturated heterocycles. The van der Waals surface area contributed by atoms with E-state index < -0.39 is 15.9 Å². The average molecular weight is 431 g/mol. The molecular weight excluding hydrogens is 404 g/mol. The molecule has 1 aromatic carbocycles. The summed E-state index contributed by atoms with van der Waals surface area (Å²) in [7, 11) is -3.53. The fraction of sp³-hybridized carbons (Fsp3) is 0.381. The molecule has 0 unspecified atom stereocenters. The summed E-state index contributed by atoms with van der Waals surface area (Å²) < 4.78 is 27.5. The fourth-order valence-electron chi connectivity index (χ4n) is 3.45. The third-order valence-corrected chi connectivity index (χ3v) is 6.77. The zero-order valence-corrected chi connectivity index (χ0v) is 17.6. The van der Waals surface area contributed by atoms with Gasteiger partial charge in [-0.05, 0) is 62.8 Å². The number of pyridine rings is 1. The van der Waals surface area contributed by atoms with Crippen LogP contribution in [0.4, 0.5) is 0 Å². The van der Waals surface area contributed by atoms with Crippen LogP contribution in [0.25, 0.3) is 0 Å². The van der Waals surface area contributed by atoms with E-state index in [1.54, 1.807) is 42.6 Å². The number of benzene rings is 1. The quantitative estimate of drug-likeness (QED) is 0.606. The number of rotatable bonds is 6. The third kappa shape index (κ3) is 5.87. The van der Waals surface area contributed by atoms with Gasteiger partial charge in [0.05, 0.1) is 10.5 Å². The second-order valence-electron chi connectivity index (χ2n) is 7.57. The first kappa shape index (κ1) is 21.9. The second kappa shape index (κ2) is 9.82. The summed E-state index contributed by atoms with van der Waals surface area (Å²) in [4.78, 5) is 28.4. The maximum absolute atomic E-state index is 12.4. The van der Waals surface area contributed by atoms with Gasteiger partial charge >= 0.3 is 0 Å². The molecule has 8 nitrogen and oxygen atoms in total. The van der Waals surface area contributed by atoms with E-state index in [9.17, 15) is 18.0 Å². The van der Waals surface area contributed by atoms with Crippen LogP contribution >= 0.6 is 0 Å². The Hall–Kier alpha value is -2.78. The number of aryl methyl sites for hydroxylation is 1. The van der Waals surface area contributed by atoms with Crippen LogP contribution in [0.5, 0.6) is 0 Å². The predicted octanol–water partition coefficient (Wildman–Crippen LogP) is 1.94. The van der Waals surface area contributed by atoms with Gasteiger partial charge in [0.25, 0.3) is 5.91 Å². The molecule has 0 radical (unpaired) electrons. The molecule has 0 atom stereocenters. The molecule has 0 bridgehead atoms. The van der Waals surface area contributed by atoms with Crippen LogP contribution in [-0.2, 0) is 14.8 Å². The lowest BCUT2D eigenvalue weighted by Crippen LogP contribution is -2.45. The van der Waals surface area contributed by atoms with Crippen LogP contribution in [0, 0.1) is 18.8 Å². The average Bonchev–Trinajstić information content (AvgIpc) is 2.77. The molecular formula is C21H26N4O4S. The summed E-state index contributed by atoms with van der Waals surface area (Å²) in [5.74, 6) is -0.676. The molecule has 2 aromatic rings. The summed E-state index contributed by atoms with van der Waals surface area (Å²) >= 11 is 0. The summed E-state index contributed by atoms with van der Waals surface area (Å²) in [5, 5.41) is 0. The van der Waals surface area contributed by atoms with E-state index in [2.05, 4.69) is 20.6 Å². The molecule has 9 heteroatoms. The summed E-state index contributed by atoms with van der Waals surface area (Å²) in [5.41, 5.74) is 6.24. The number of hydrogen-bond donors (Lipinski definition) is 3. The highest BCUT2D eigenvalue weighted by atomic mass is 32.2. The number of sulfonamides is 1. The monoisotopic (exact) mass is 430 g/mol. The van der Waals surface area contributed by atoms with Gasteiger partial charge in [-0.25, -0.2) is 13.1 Å². The van der Waals surface area contributed by atoms with Gasteiger partial charge < -0.3 is 0 Å². The van der Waals surface area contributed by atoms with Crippen molar-refractivity contribution in [3.05, 3.63) is 59.9 Å². The predicted molar refractivity (Wildman–Crippen MR) is 112 cm³/mol. The number of hydrogen-bond acceptors (Lipinski definition) is 5. The molecule has 30 heavy (non-hydrogen) atoms. The highest BCUT2D eigenvalue weighted by Gasteiger charge is 2.27. The third-order valence-electron chi connectivity index (χ3n) is 5.33. The van der Waals surface area contributed by atoms with Crippen LogP contribution in [0.1, 0.15) is 41.6 Å². The Bertz CT molecular complexity index is 970. The molecule has 3 N–H and O–H groups in total. The summed E-state index contributed by atoms with van der Waals surface area (Å²) in [6, 6.07) is 9.98. The molecule has 2 amide bonds. The van der Waals surface area contributed by atoms with Gasteiger partial charge in [0.1, 0.15) is 0 Å². The van der Waals surface area contributed by atoms with Gasteiger partial charge in [0.2, 0.25) is 15.9 Å². The number of carbonyl (C=O) groups excluding carboxylic acids is 2. The SMILES string of the molecule is Cc1ccc(S(=O)(=O)NCC2CCC(C(=O)NNC(=O)c3cccnc3)CC2)cc1. The van der Waals surface area contributed by atoms with E-state index >= 15 is 0 Å². The van der Waals surface area contributed by atoms with E-state index in [1.165, 1.54) is 6.20 Å². The normalized spacial score (nSPS) is 19.1. The van der Waals surface area contributed by atoms with E-state index in [-0.39, 0.29) is 22.6 Å². The van der Waals surface area contributed by atoms with Gasteiger partial charge in [-0.2, -0.15) is 0 Å². The smallest absolute Gasteiger partial charge is 0.271 e. The molecule has 0 spiro atoms. The number of hydrazine groups is 1. The lowest BCUT2D eigenvalue weighted by atomic mass is 9.82. The summed E-state index contributed by atoms with van der Waals surface area (Å²) in [6.45, 7) is 2.25. The molecule has 1 aromatic heterocycles. The second-order valence-corrected chi connectivity index (χ2v) is 9.33. The van der Waals surface area contributed by atoms with Crippen molar-refractivity contribution in [2.45, 2.75) is 37.5 Å². The van der Waals surface area contributed by atoms with Crippen LogP contribution in [-0.4, -0.2) is 31.8 Å². The van der Waals surface area contributed by atoms with Crippen molar-refractivity contribution in [3.63, 3.8) is 0 Å². The Kier molecular flexibility index (Phi) is 7.17. The lowest BCUT2D eigenvalue weighted by molar-refractivity contribution is -0.127. The van der Waals surface area contributed by atoms with Crippen molar-refractivity contribution in [3.8, 4) is 0 Å². The van der Waals surface area contributed by atoms with E-state index in [0.29, 0.717) is 24.9 Å². The molecule has 1 aliphatic rings. The molecule has 1 heterocycles. The summed E-state index contributed by atoms with van der Waals surface area (Å²) in [6.07, 6.45) is 5.76. The van der Waals surface area contributed by atoms with Crippen molar-refractivity contribution in [2.24, 2.45) is 11.8 Å². The molecule has 1 fully saturated rings. The molecule has 160 valence electrons. The Morgan fingerprint density at radius 3 is 2.37 bits per heavy atom. The van der Waals surface area contributed by atoms with Gasteiger partial charge in [-0.3, -0.25) is 25.4 Å².